The maximum atomic E-state index is 12.6. The highest BCUT2D eigenvalue weighted by molar-refractivity contribution is 5.97. The fourth-order valence-electron chi connectivity index (χ4n) is 9.56. The highest BCUT2D eigenvalue weighted by Crippen LogP contribution is 2.47. The molecule has 0 aliphatic heterocycles. The second-order valence-electron chi connectivity index (χ2n) is 22.8. The Labute approximate surface area is 415 Å². The molecule has 0 atom stereocenters. The van der Waals surface area contributed by atoms with Gasteiger partial charge in [-0.2, -0.15) is 0 Å². The van der Waals surface area contributed by atoms with Gasteiger partial charge in [0.05, 0.1) is 28.0 Å². The lowest BCUT2D eigenvalue weighted by molar-refractivity contribution is 0.446. The SMILES string of the molecule is [2H]C([2H])([2H])c1cc(-c2c(-c3ccccc3)cccc2C(C)(C)C)ccc1-n1c(-c2cc(C(C)(C)C)cc(C(C)(C)C)c2O)nc2c(-c3cc(-c4cc(-c5ccccc5)ccn4)cc(C(C)(C)C)c3)cccc21. The average Bonchev–Trinajstić information content (AvgIpc) is 3.72. The van der Waals surface area contributed by atoms with Crippen molar-refractivity contribution in [1.82, 2.24) is 14.5 Å². The Morgan fingerprint density at radius 3 is 1.74 bits per heavy atom. The topological polar surface area (TPSA) is 50.9 Å². The molecule has 7 aromatic carbocycles. The molecule has 69 heavy (non-hydrogen) atoms. The highest BCUT2D eigenvalue weighted by Gasteiger charge is 2.30. The molecule has 0 saturated carbocycles. The first kappa shape index (κ1) is 43.3. The van der Waals surface area contributed by atoms with Crippen LogP contribution in [0.25, 0.3) is 83.9 Å². The summed E-state index contributed by atoms with van der Waals surface area (Å²) in [6, 6.07) is 54.0. The lowest BCUT2D eigenvalue weighted by atomic mass is 9.78. The molecule has 9 aromatic rings. The van der Waals surface area contributed by atoms with E-state index in [1.54, 1.807) is 0 Å². The summed E-state index contributed by atoms with van der Waals surface area (Å²) in [5.41, 5.74) is 15.2. The van der Waals surface area contributed by atoms with Crippen LogP contribution < -0.4 is 0 Å². The first-order valence-electron chi connectivity index (χ1n) is 25.7. The average molecular weight is 909 g/mol. The molecule has 2 heterocycles. The predicted octanol–water partition coefficient (Wildman–Crippen LogP) is 17.6. The first-order valence-corrected chi connectivity index (χ1v) is 24.2. The van der Waals surface area contributed by atoms with Gasteiger partial charge in [0.2, 0.25) is 0 Å². The number of phenolic OH excluding ortho intramolecular Hbond substituents is 1. The van der Waals surface area contributed by atoms with Gasteiger partial charge in [-0.3, -0.25) is 9.55 Å². The Hall–Kier alpha value is -7.04. The second-order valence-corrected chi connectivity index (χ2v) is 22.8. The molecule has 0 saturated heterocycles. The van der Waals surface area contributed by atoms with Gasteiger partial charge in [0.1, 0.15) is 11.6 Å². The number of fused-ring (bicyclic) bond motifs is 1. The van der Waals surface area contributed by atoms with Gasteiger partial charge in [-0.25, -0.2) is 4.98 Å². The largest absolute Gasteiger partial charge is 0.507 e. The monoisotopic (exact) mass is 909 g/mol. The van der Waals surface area contributed by atoms with Crippen molar-refractivity contribution in [3.63, 3.8) is 0 Å². The maximum Gasteiger partial charge on any atom is 0.149 e. The molecule has 0 aliphatic carbocycles. The number of pyridine rings is 1. The van der Waals surface area contributed by atoms with Gasteiger partial charge in [0.25, 0.3) is 0 Å². The van der Waals surface area contributed by atoms with Crippen molar-refractivity contribution in [1.29, 1.82) is 0 Å². The van der Waals surface area contributed by atoms with Crippen molar-refractivity contribution in [3.05, 3.63) is 192 Å². The Balaban J connectivity index is 1.37. The van der Waals surface area contributed by atoms with Crippen molar-refractivity contribution in [2.24, 2.45) is 0 Å². The number of para-hydroxylation sites is 1. The maximum absolute atomic E-state index is 12.6. The summed E-state index contributed by atoms with van der Waals surface area (Å²) in [6.45, 7) is 23.5. The summed E-state index contributed by atoms with van der Waals surface area (Å²) in [5.74, 6) is 0.572. The van der Waals surface area contributed by atoms with Crippen LogP contribution in [0, 0.1) is 6.85 Å². The van der Waals surface area contributed by atoms with Gasteiger partial charge >= 0.3 is 0 Å². The lowest BCUT2D eigenvalue weighted by Gasteiger charge is -2.28. The number of nitrogens with zero attached hydrogens (tertiary/aromatic N) is 3. The molecule has 0 fully saturated rings. The molecule has 2 aromatic heterocycles. The summed E-state index contributed by atoms with van der Waals surface area (Å²) in [7, 11) is 0. The van der Waals surface area contributed by atoms with Crippen LogP contribution in [0.5, 0.6) is 5.75 Å². The number of aromatic hydroxyl groups is 1. The van der Waals surface area contributed by atoms with Gasteiger partial charge in [0.15, 0.2) is 0 Å². The highest BCUT2D eigenvalue weighted by atomic mass is 16.3. The van der Waals surface area contributed by atoms with Crippen molar-refractivity contribution >= 4 is 11.0 Å². The molecule has 0 unspecified atom stereocenters. The van der Waals surface area contributed by atoms with Crippen LogP contribution in [0.2, 0.25) is 0 Å². The summed E-state index contributed by atoms with van der Waals surface area (Å²) in [5, 5.41) is 12.6. The summed E-state index contributed by atoms with van der Waals surface area (Å²) < 4.78 is 29.9. The molecule has 0 aliphatic rings. The molecule has 0 bridgehead atoms. The van der Waals surface area contributed by atoms with Crippen LogP contribution in [0.3, 0.4) is 0 Å². The number of benzene rings is 7. The number of hydrogen-bond donors (Lipinski definition) is 1. The second kappa shape index (κ2) is 17.5. The smallest absolute Gasteiger partial charge is 0.149 e. The van der Waals surface area contributed by atoms with E-state index in [0.29, 0.717) is 28.1 Å². The third-order valence-electron chi connectivity index (χ3n) is 13.5. The molecule has 4 nitrogen and oxygen atoms in total. The number of aryl methyl sites for hydroxylation is 1. The Morgan fingerprint density at radius 2 is 1.09 bits per heavy atom. The van der Waals surface area contributed by atoms with Gasteiger partial charge in [-0.05, 0) is 138 Å². The van der Waals surface area contributed by atoms with E-state index in [9.17, 15) is 9.22 Å². The molecule has 0 amide bonds. The fourth-order valence-corrected chi connectivity index (χ4v) is 9.56. The van der Waals surface area contributed by atoms with Crippen molar-refractivity contribution in [2.75, 3.05) is 0 Å². The van der Waals surface area contributed by atoms with Crippen LogP contribution >= 0.6 is 0 Å². The molecular weight excluding hydrogens is 839 g/mol. The van der Waals surface area contributed by atoms with Crippen LogP contribution in [0.15, 0.2) is 164 Å². The van der Waals surface area contributed by atoms with Crippen molar-refractivity contribution in [2.45, 2.75) is 112 Å². The van der Waals surface area contributed by atoms with Crippen LogP contribution in [-0.2, 0) is 21.7 Å². The van der Waals surface area contributed by atoms with Crippen LogP contribution in [0.4, 0.5) is 0 Å². The molecular formula is C65H67N3O. The van der Waals surface area contributed by atoms with E-state index < -0.39 is 12.3 Å². The van der Waals surface area contributed by atoms with Crippen molar-refractivity contribution < 1.29 is 9.22 Å². The third-order valence-corrected chi connectivity index (χ3v) is 13.5. The van der Waals surface area contributed by atoms with Gasteiger partial charge < -0.3 is 5.11 Å². The number of phenols is 1. The first-order chi connectivity index (χ1) is 33.8. The van der Waals surface area contributed by atoms with E-state index in [1.807, 2.05) is 83.6 Å². The predicted molar refractivity (Wildman–Crippen MR) is 293 cm³/mol. The minimum atomic E-state index is -2.55. The molecule has 0 radical (unpaired) electrons. The summed E-state index contributed by atoms with van der Waals surface area (Å²) in [4.78, 5) is 10.5. The van der Waals surface area contributed by atoms with E-state index in [2.05, 4.69) is 168 Å². The number of imidazole rings is 1. The van der Waals surface area contributed by atoms with Gasteiger partial charge in [0, 0.05) is 27.0 Å². The third kappa shape index (κ3) is 9.18. The standard InChI is InChI=1S/C65H67N3O/c1-41-34-45(58-50(43-24-18-15-19-25-43)26-20-28-53(58)64(8,9)10)30-31-56(41)68-57-29-21-27-51(59(57)67-61(68)52-39-49(63(5,6)7)40-54(60(52)69)65(11,12)13)46-35-47(37-48(36-46)62(2,3)4)55-38-44(32-33-66-55)42-22-16-14-17-23-42/h14-40,69H,1-13H3/i1D3. The molecule has 9 rings (SSSR count). The molecule has 348 valence electrons. The lowest BCUT2D eigenvalue weighted by Crippen LogP contribution is -2.17. The van der Waals surface area contributed by atoms with E-state index in [4.69, 9.17) is 9.97 Å². The zero-order chi connectivity index (χ0) is 51.7. The number of aromatic nitrogens is 3. The van der Waals surface area contributed by atoms with Crippen LogP contribution in [0.1, 0.15) is 115 Å². The minimum Gasteiger partial charge on any atom is -0.507 e. The summed E-state index contributed by atoms with van der Waals surface area (Å²) >= 11 is 0. The van der Waals surface area contributed by atoms with E-state index in [1.165, 1.54) is 0 Å². The Morgan fingerprint density at radius 1 is 0.464 bits per heavy atom. The van der Waals surface area contributed by atoms with E-state index in [0.717, 1.165) is 78.0 Å². The molecule has 4 heteroatoms. The zero-order valence-corrected chi connectivity index (χ0v) is 42.4. The number of hydrogen-bond acceptors (Lipinski definition) is 3. The summed E-state index contributed by atoms with van der Waals surface area (Å²) in [6.07, 6.45) is 1.87. The quantitative estimate of drug-likeness (QED) is 0.173. The Bertz CT molecular complexity index is 3480. The fraction of sp³-hybridized carbons (Fsp3) is 0.262. The Kier molecular flexibility index (Phi) is 11.0. The molecule has 0 spiro atoms. The minimum absolute atomic E-state index is 0.119. The van der Waals surface area contributed by atoms with E-state index >= 15 is 0 Å². The van der Waals surface area contributed by atoms with Crippen LogP contribution in [-0.4, -0.2) is 19.6 Å². The normalized spacial score (nSPS) is 13.3. The van der Waals surface area contributed by atoms with Gasteiger partial charge in [-0.15, -0.1) is 0 Å². The number of rotatable bonds is 7. The van der Waals surface area contributed by atoms with Crippen molar-refractivity contribution in [3.8, 4) is 78.6 Å². The molecule has 1 N–H and O–H groups in total. The van der Waals surface area contributed by atoms with Gasteiger partial charge in [-0.1, -0.05) is 192 Å². The van der Waals surface area contributed by atoms with E-state index in [-0.39, 0.29) is 27.6 Å². The zero-order valence-electron chi connectivity index (χ0n) is 45.4.